The van der Waals surface area contributed by atoms with E-state index in [0.29, 0.717) is 0 Å². The van der Waals surface area contributed by atoms with Crippen molar-refractivity contribution >= 4 is 135 Å². The van der Waals surface area contributed by atoms with Crippen molar-refractivity contribution in [3.63, 3.8) is 0 Å². The third-order valence-corrected chi connectivity index (χ3v) is 35.3. The molecule has 0 N–H and O–H groups in total. The van der Waals surface area contributed by atoms with E-state index in [9.17, 15) is 0 Å². The molecule has 0 saturated heterocycles. The highest BCUT2D eigenvalue weighted by molar-refractivity contribution is 7.20. The van der Waals surface area contributed by atoms with Crippen LogP contribution in [0, 0.1) is 0 Å². The smallest absolute Gasteiger partial charge is 0.179 e. The molecule has 0 bridgehead atoms. The molecule has 568 valence electrons. The predicted molar refractivity (Wildman–Crippen MR) is 514 cm³/mol. The Morgan fingerprint density at radius 2 is 0.455 bits per heavy atom. The zero-order chi connectivity index (χ0) is 80.0. The molecule has 0 unspecified atom stereocenters. The Morgan fingerprint density at radius 3 is 0.826 bits per heavy atom. The molecule has 6 heteroatoms. The maximum Gasteiger partial charge on any atom is 0.179 e. The van der Waals surface area contributed by atoms with Crippen LogP contribution >= 0.6 is 0 Å². The zero-order valence-corrected chi connectivity index (χ0v) is 68.5. The second-order valence-corrected chi connectivity index (χ2v) is 39.7. The van der Waals surface area contributed by atoms with Crippen molar-refractivity contribution in [3.8, 4) is 55.9 Å². The SMILES string of the molecule is c1ccc(-c2cccc3c4ccccc4n(-c4ccc5c(c4)C4c6cc(-n7c8ccccc8c8cccc(-c9ccccc9)c87)ccc6N(c6ccccc6-c6cccc([Si](c7ccccc7)(c7ccccc7)c7ccccc7)c6)c6cccc(c64)N5c4ccccc4-c4cccc([Si](c5ccccc5)(c5ccccc5)c5ccccc5)c4)c23)cc1. The topological polar surface area (TPSA) is 16.3 Å². The summed E-state index contributed by atoms with van der Waals surface area (Å²) in [5.41, 5.74) is 26.3. The Labute approximate surface area is 707 Å². The van der Waals surface area contributed by atoms with Crippen molar-refractivity contribution in [1.82, 2.24) is 9.13 Å². The largest absolute Gasteiger partial charge is 0.309 e. The lowest BCUT2D eigenvalue weighted by Crippen LogP contribution is -2.74. The van der Waals surface area contributed by atoms with E-state index in [1.165, 1.54) is 113 Å². The lowest BCUT2D eigenvalue weighted by Gasteiger charge is -2.46. The summed E-state index contributed by atoms with van der Waals surface area (Å²) >= 11 is 0. The van der Waals surface area contributed by atoms with Crippen LogP contribution in [0.2, 0.25) is 0 Å². The molecule has 0 spiro atoms. The summed E-state index contributed by atoms with van der Waals surface area (Å²) < 4.78 is 5.12. The fraction of sp³-hybridized carbons (Fsp3) is 0.00870. The average Bonchev–Trinajstić information content (AvgIpc) is 1.43. The summed E-state index contributed by atoms with van der Waals surface area (Å²) in [5, 5.41) is 15.4. The molecule has 0 aliphatic carbocycles. The maximum absolute atomic E-state index is 3.01. The minimum Gasteiger partial charge on any atom is -0.309 e. The van der Waals surface area contributed by atoms with Crippen LogP contribution in [-0.2, 0) is 0 Å². The fourth-order valence-corrected chi connectivity index (χ4v) is 30.4. The molecule has 2 aliphatic rings. The lowest BCUT2D eigenvalue weighted by molar-refractivity contribution is 0.903. The number of fused-ring (bicyclic) bond motifs is 10. The highest BCUT2D eigenvalue weighted by Crippen LogP contribution is 2.62. The van der Waals surface area contributed by atoms with Crippen molar-refractivity contribution in [1.29, 1.82) is 0 Å². The van der Waals surface area contributed by atoms with Crippen molar-refractivity contribution in [3.05, 3.63) is 496 Å². The van der Waals surface area contributed by atoms with Gasteiger partial charge in [-0.05, 0) is 148 Å². The van der Waals surface area contributed by atoms with Crippen LogP contribution in [0.25, 0.3) is 99.5 Å². The molecular formula is C115H80N4Si2. The maximum atomic E-state index is 2.64. The standard InChI is InChI=1S/C115H80N4Si2/c1-9-38-80(39-10-1)96-62-35-64-100-98-60-27-31-68-106(98)116(114(96)100)84-72-74-108-102(78-84)112-103-79-85(117-107-69-32-28-61-99(107)101-65-36-63-97(115(101)117)81-40-11-2-12-41-81)73-75-109(103)119(105-67-30-26-59-95(105)83-43-34-57-93(77-83)121(89-50-19-6-20-51-89,90-52-21-7-22-53-90)91-54-23-8-24-55-91)111-71-37-70-110(113(111)112)118(108)104-66-29-25-58-94(104)82-42-33-56-92(76-82)120(86-44-13-3-14-45-86,87-46-15-4-16-47-87)88-48-17-5-18-49-88/h1-79,112H. The third kappa shape index (κ3) is 11.3. The number of hydrogen-bond donors (Lipinski definition) is 0. The molecule has 2 aromatic heterocycles. The molecule has 4 nitrogen and oxygen atoms in total. The second kappa shape index (κ2) is 29.5. The van der Waals surface area contributed by atoms with Gasteiger partial charge >= 0.3 is 0 Å². The van der Waals surface area contributed by atoms with E-state index >= 15 is 0 Å². The summed E-state index contributed by atoms with van der Waals surface area (Å²) in [6, 6.07) is 181. The van der Waals surface area contributed by atoms with Crippen LogP contribution < -0.4 is 51.3 Å². The van der Waals surface area contributed by atoms with Gasteiger partial charge in [-0.2, -0.15) is 0 Å². The molecule has 121 heavy (non-hydrogen) atoms. The second-order valence-electron chi connectivity index (χ2n) is 32.0. The van der Waals surface area contributed by atoms with Crippen molar-refractivity contribution < 1.29 is 0 Å². The van der Waals surface area contributed by atoms with E-state index in [1.54, 1.807) is 0 Å². The number of benzene rings is 19. The fourth-order valence-electron chi connectivity index (χ4n) is 20.8. The number of para-hydroxylation sites is 6. The van der Waals surface area contributed by atoms with E-state index in [4.69, 9.17) is 0 Å². The first-order chi connectivity index (χ1) is 60.1. The molecular weight excluding hydrogens is 1490 g/mol. The molecule has 19 aromatic carbocycles. The lowest BCUT2D eigenvalue weighted by atomic mass is 9.75. The van der Waals surface area contributed by atoms with Crippen LogP contribution in [0.3, 0.4) is 0 Å². The molecule has 0 radical (unpaired) electrons. The van der Waals surface area contributed by atoms with Crippen LogP contribution in [-0.4, -0.2) is 25.3 Å². The van der Waals surface area contributed by atoms with Crippen molar-refractivity contribution in [2.24, 2.45) is 0 Å². The summed E-state index contributed by atoms with van der Waals surface area (Å²) in [4.78, 5) is 5.27. The average molecular weight is 1570 g/mol. The van der Waals surface area contributed by atoms with Gasteiger partial charge in [-0.15, -0.1) is 0 Å². The van der Waals surface area contributed by atoms with Crippen molar-refractivity contribution in [2.45, 2.75) is 5.92 Å². The van der Waals surface area contributed by atoms with Gasteiger partial charge in [0.25, 0.3) is 0 Å². The van der Waals surface area contributed by atoms with Gasteiger partial charge in [-0.1, -0.05) is 406 Å². The van der Waals surface area contributed by atoms with E-state index < -0.39 is 16.1 Å². The Bertz CT molecular complexity index is 6880. The Kier molecular flexibility index (Phi) is 17.3. The van der Waals surface area contributed by atoms with Crippen LogP contribution in [0.4, 0.5) is 34.1 Å². The van der Waals surface area contributed by atoms with Gasteiger partial charge in [0.15, 0.2) is 16.1 Å². The molecule has 21 aromatic rings. The number of rotatable bonds is 16. The number of hydrogen-bond acceptors (Lipinski definition) is 2. The number of anilines is 6. The molecule has 0 saturated carbocycles. The van der Waals surface area contributed by atoms with E-state index in [0.717, 1.165) is 78.8 Å². The Morgan fingerprint density at radius 1 is 0.182 bits per heavy atom. The van der Waals surface area contributed by atoms with Gasteiger partial charge in [-0.3, -0.25) is 0 Å². The van der Waals surface area contributed by atoms with Crippen LogP contribution in [0.5, 0.6) is 0 Å². The van der Waals surface area contributed by atoms with E-state index in [2.05, 4.69) is 498 Å². The third-order valence-electron chi connectivity index (χ3n) is 25.8. The van der Waals surface area contributed by atoms with Gasteiger partial charge < -0.3 is 18.9 Å². The summed E-state index contributed by atoms with van der Waals surface area (Å²) in [5.74, 6) is -0.318. The van der Waals surface area contributed by atoms with Crippen LogP contribution in [0.1, 0.15) is 22.6 Å². The molecule has 0 amide bonds. The van der Waals surface area contributed by atoms with Gasteiger partial charge in [0, 0.05) is 66.7 Å². The van der Waals surface area contributed by atoms with Gasteiger partial charge in [0.05, 0.1) is 56.2 Å². The number of aromatic nitrogens is 2. The first kappa shape index (κ1) is 71.2. The van der Waals surface area contributed by atoms with Gasteiger partial charge in [0.1, 0.15) is 0 Å². The predicted octanol–water partition coefficient (Wildman–Crippen LogP) is 24.1. The monoisotopic (exact) mass is 1570 g/mol. The van der Waals surface area contributed by atoms with E-state index in [-0.39, 0.29) is 5.92 Å². The molecule has 23 rings (SSSR count). The first-order valence-electron chi connectivity index (χ1n) is 42.0. The zero-order valence-electron chi connectivity index (χ0n) is 66.5. The highest BCUT2D eigenvalue weighted by Gasteiger charge is 2.46. The molecule has 4 heterocycles. The summed E-state index contributed by atoms with van der Waals surface area (Å²) in [6.07, 6.45) is 0. The normalized spacial score (nSPS) is 12.6. The quantitative estimate of drug-likeness (QED) is 0.0708. The Hall–Kier alpha value is -15.2. The summed E-state index contributed by atoms with van der Waals surface area (Å²) in [6.45, 7) is 0. The minimum atomic E-state index is -3.01. The van der Waals surface area contributed by atoms with Crippen molar-refractivity contribution in [2.75, 3.05) is 9.80 Å². The van der Waals surface area contributed by atoms with Crippen LogP contribution in [0.15, 0.2) is 479 Å². The number of nitrogens with zero attached hydrogens (tertiary/aromatic N) is 4. The Balaban J connectivity index is 0.811. The minimum absolute atomic E-state index is 0.318. The van der Waals surface area contributed by atoms with Gasteiger partial charge in [-0.25, -0.2) is 0 Å². The molecule has 0 atom stereocenters. The van der Waals surface area contributed by atoms with E-state index in [1.807, 2.05) is 0 Å². The highest BCUT2D eigenvalue weighted by atomic mass is 28.3. The summed E-state index contributed by atoms with van der Waals surface area (Å²) in [7, 11) is -6.02. The first-order valence-corrected chi connectivity index (χ1v) is 46.0. The molecule has 0 fully saturated rings. The van der Waals surface area contributed by atoms with Gasteiger partial charge in [0.2, 0.25) is 0 Å². The molecule has 2 aliphatic heterocycles.